The zero-order chi connectivity index (χ0) is 6.81. The molecule has 2 rings (SSSR count). The molecule has 1 radical (unpaired) electrons. The zero-order valence-electron chi connectivity index (χ0n) is 5.62. The molecule has 0 atom stereocenters. The lowest BCUT2D eigenvalue weighted by Crippen LogP contribution is -2.18. The molecule has 0 spiro atoms. The maximum Gasteiger partial charge on any atom is 0.252 e. The number of dihydropyridines is 2. The summed E-state index contributed by atoms with van der Waals surface area (Å²) in [4.78, 5) is 8.39. The second-order valence-electron chi connectivity index (χ2n) is 2.30. The molecule has 0 saturated carbocycles. The number of fused-ring (bicyclic) bond motifs is 1. The highest BCUT2D eigenvalue weighted by Gasteiger charge is 2.14. The summed E-state index contributed by atoms with van der Waals surface area (Å²) in [7, 11) is 0. The summed E-state index contributed by atoms with van der Waals surface area (Å²) in [6.45, 7) is 1.58. The lowest BCUT2D eigenvalue weighted by Gasteiger charge is -2.05. The van der Waals surface area contributed by atoms with Crippen molar-refractivity contribution >= 4 is 11.9 Å². The Hall–Kier alpha value is -1.18. The fourth-order valence-electron chi connectivity index (χ4n) is 1.10. The van der Waals surface area contributed by atoms with Crippen molar-refractivity contribution in [3.05, 3.63) is 23.8 Å². The maximum atomic E-state index is 4.30. The van der Waals surface area contributed by atoms with Gasteiger partial charge in [-0.2, -0.15) is 0 Å². The van der Waals surface area contributed by atoms with Gasteiger partial charge in [0.15, 0.2) is 0 Å². The van der Waals surface area contributed by atoms with E-state index in [9.17, 15) is 0 Å². The second kappa shape index (κ2) is 2.21. The van der Waals surface area contributed by atoms with Crippen molar-refractivity contribution < 1.29 is 0 Å². The summed E-state index contributed by atoms with van der Waals surface area (Å²) >= 11 is 0. The average Bonchev–Trinajstić information content (AvgIpc) is 2.05. The Kier molecular flexibility index (Phi) is 1.24. The molecular formula is C8H8N2+. The van der Waals surface area contributed by atoms with E-state index < -0.39 is 0 Å². The third kappa shape index (κ3) is 0.817. The van der Waals surface area contributed by atoms with Crippen LogP contribution in [0.2, 0.25) is 0 Å². The van der Waals surface area contributed by atoms with Crippen molar-refractivity contribution in [1.29, 1.82) is 0 Å². The molecule has 0 fully saturated rings. The molecular weight excluding hydrogens is 124 g/mol. The topological polar surface area (TPSA) is 26.5 Å². The van der Waals surface area contributed by atoms with E-state index in [0.29, 0.717) is 0 Å². The van der Waals surface area contributed by atoms with Gasteiger partial charge in [-0.05, 0) is 0 Å². The molecule has 2 nitrogen and oxygen atoms in total. The number of allylic oxidation sites excluding steroid dienone is 2. The summed E-state index contributed by atoms with van der Waals surface area (Å²) < 4.78 is 0. The van der Waals surface area contributed by atoms with Gasteiger partial charge in [0.05, 0.1) is 6.54 Å². The molecule has 0 aromatic heterocycles. The molecule has 0 unspecified atom stereocenters. The minimum atomic E-state index is 0.760. The molecule has 2 heteroatoms. The van der Waals surface area contributed by atoms with Gasteiger partial charge < -0.3 is 0 Å². The molecule has 0 bridgehead atoms. The molecule has 2 aliphatic rings. The highest BCUT2D eigenvalue weighted by Crippen LogP contribution is 2.06. The van der Waals surface area contributed by atoms with Gasteiger partial charge in [0.2, 0.25) is 6.21 Å². The van der Waals surface area contributed by atoms with E-state index in [1.165, 1.54) is 5.57 Å². The summed E-state index contributed by atoms with van der Waals surface area (Å²) in [6, 6.07) is 0. The molecule has 2 heterocycles. The molecule has 0 amide bonds. The second-order valence-corrected chi connectivity index (χ2v) is 2.30. The molecule has 0 aliphatic carbocycles. The fraction of sp³-hybridized carbons (Fsp3) is 0.250. The molecule has 0 aromatic rings. The van der Waals surface area contributed by atoms with Gasteiger partial charge in [-0.1, -0.05) is 12.2 Å². The van der Waals surface area contributed by atoms with Crippen molar-refractivity contribution in [3.63, 3.8) is 0 Å². The van der Waals surface area contributed by atoms with Crippen LogP contribution in [0.25, 0.3) is 0 Å². The van der Waals surface area contributed by atoms with Crippen LogP contribution in [0.1, 0.15) is 0 Å². The normalized spacial score (nSPS) is 21.6. The third-order valence-corrected chi connectivity index (χ3v) is 1.62. The third-order valence-electron chi connectivity index (χ3n) is 1.62. The van der Waals surface area contributed by atoms with Crippen LogP contribution in [0.5, 0.6) is 0 Å². The molecule has 2 aliphatic heterocycles. The smallest absolute Gasteiger partial charge is 0.252 e. The monoisotopic (exact) mass is 132 g/mol. The number of hydrogen-bond acceptors (Lipinski definition) is 2. The Morgan fingerprint density at radius 2 is 2.50 bits per heavy atom. The maximum absolute atomic E-state index is 4.30. The predicted molar refractivity (Wildman–Crippen MR) is 42.6 cm³/mol. The van der Waals surface area contributed by atoms with Crippen molar-refractivity contribution in [1.82, 2.24) is 4.99 Å². The van der Waals surface area contributed by atoms with Crippen LogP contribution in [-0.4, -0.2) is 25.0 Å². The van der Waals surface area contributed by atoms with E-state index in [0.717, 1.165) is 18.8 Å². The van der Waals surface area contributed by atoms with E-state index in [2.05, 4.69) is 22.1 Å². The van der Waals surface area contributed by atoms with E-state index in [-0.39, 0.29) is 0 Å². The molecule has 0 aromatic carbocycles. The SMILES string of the molecule is C1=CC2=CC=[N+]CC2=NC1. The van der Waals surface area contributed by atoms with Crippen LogP contribution in [0.3, 0.4) is 0 Å². The Morgan fingerprint density at radius 1 is 1.50 bits per heavy atom. The zero-order valence-corrected chi connectivity index (χ0v) is 5.62. The first-order chi connectivity index (χ1) is 4.97. The highest BCUT2D eigenvalue weighted by atomic mass is 14.8. The van der Waals surface area contributed by atoms with Crippen LogP contribution in [0.4, 0.5) is 0 Å². The van der Waals surface area contributed by atoms with Crippen molar-refractivity contribution in [2.75, 3.05) is 13.1 Å². The van der Waals surface area contributed by atoms with Gasteiger partial charge in [0, 0.05) is 16.6 Å². The lowest BCUT2D eigenvalue weighted by atomic mass is 10.1. The highest BCUT2D eigenvalue weighted by molar-refractivity contribution is 6.09. The van der Waals surface area contributed by atoms with Crippen LogP contribution < -0.4 is 4.99 Å². The number of nitrogens with zero attached hydrogens (tertiary/aromatic N) is 2. The standard InChI is InChI=1S/C8H8N2/c1-2-7-3-5-9-6-8(7)10-4-1/h1-3,5H,4,6H2/q+1. The molecule has 49 valence electrons. The van der Waals surface area contributed by atoms with Crippen LogP contribution in [-0.2, 0) is 0 Å². The van der Waals surface area contributed by atoms with Crippen molar-refractivity contribution in [3.8, 4) is 0 Å². The van der Waals surface area contributed by atoms with Crippen LogP contribution >= 0.6 is 0 Å². The minimum Gasteiger partial charge on any atom is -0.278 e. The van der Waals surface area contributed by atoms with E-state index >= 15 is 0 Å². The molecule has 10 heavy (non-hydrogen) atoms. The van der Waals surface area contributed by atoms with Gasteiger partial charge in [-0.15, -0.1) is 0 Å². The van der Waals surface area contributed by atoms with E-state index in [1.807, 2.05) is 12.3 Å². The number of hydrogen-bond donors (Lipinski definition) is 0. The Morgan fingerprint density at radius 3 is 3.40 bits per heavy atom. The number of aliphatic imine (C=N–C) groups is 2. The van der Waals surface area contributed by atoms with Crippen LogP contribution in [0.15, 0.2) is 28.8 Å². The predicted octanol–water partition coefficient (Wildman–Crippen LogP) is 0.344. The van der Waals surface area contributed by atoms with Crippen molar-refractivity contribution in [2.24, 2.45) is 4.99 Å². The van der Waals surface area contributed by atoms with Crippen LogP contribution in [0, 0.1) is 0 Å². The first-order valence-electron chi connectivity index (χ1n) is 3.37. The number of rotatable bonds is 0. The first kappa shape index (κ1) is 5.59. The van der Waals surface area contributed by atoms with E-state index in [1.54, 1.807) is 0 Å². The summed E-state index contributed by atoms with van der Waals surface area (Å²) in [5, 5.41) is 0. The summed E-state index contributed by atoms with van der Waals surface area (Å²) in [5.41, 5.74) is 2.35. The largest absolute Gasteiger partial charge is 0.278 e. The summed E-state index contributed by atoms with van der Waals surface area (Å²) in [5.74, 6) is 0. The Balaban J connectivity index is 2.39. The molecule has 0 saturated heterocycles. The summed E-state index contributed by atoms with van der Waals surface area (Å²) in [6.07, 6.45) is 8.00. The van der Waals surface area contributed by atoms with E-state index in [4.69, 9.17) is 0 Å². The quantitative estimate of drug-likeness (QED) is 0.454. The van der Waals surface area contributed by atoms with Gasteiger partial charge >= 0.3 is 0 Å². The Labute approximate surface area is 59.7 Å². The first-order valence-corrected chi connectivity index (χ1v) is 3.37. The fourth-order valence-corrected chi connectivity index (χ4v) is 1.10. The average molecular weight is 132 g/mol. The van der Waals surface area contributed by atoms with Gasteiger partial charge in [0.1, 0.15) is 5.71 Å². The van der Waals surface area contributed by atoms with Gasteiger partial charge in [0.25, 0.3) is 6.54 Å². The lowest BCUT2D eigenvalue weighted by molar-refractivity contribution is 1.10. The van der Waals surface area contributed by atoms with Crippen molar-refractivity contribution in [2.45, 2.75) is 0 Å². The minimum absolute atomic E-state index is 0.760. The van der Waals surface area contributed by atoms with Gasteiger partial charge in [-0.25, -0.2) is 0 Å². The Bertz CT molecular complexity index is 256. The van der Waals surface area contributed by atoms with Gasteiger partial charge in [-0.3, -0.25) is 4.99 Å². The molecule has 0 N–H and O–H groups in total.